The number of carbonyl (C=O) groups is 2. The number of piperazine rings is 1. The smallest absolute Gasteiger partial charge is 0.243 e. The maximum atomic E-state index is 12.0. The third-order valence-electron chi connectivity index (χ3n) is 2.93. The molecule has 0 saturated carbocycles. The highest BCUT2D eigenvalue weighted by atomic mass is 79.9. The van der Waals surface area contributed by atoms with E-state index in [9.17, 15) is 9.59 Å². The van der Waals surface area contributed by atoms with Gasteiger partial charge in [0.05, 0.1) is 16.9 Å². The molecule has 4 nitrogen and oxygen atoms in total. The Morgan fingerprint density at radius 3 is 2.78 bits per heavy atom. The van der Waals surface area contributed by atoms with Crippen LogP contribution in [-0.4, -0.2) is 29.3 Å². The van der Waals surface area contributed by atoms with Crippen molar-refractivity contribution >= 4 is 39.1 Å². The van der Waals surface area contributed by atoms with Crippen molar-refractivity contribution in [3.05, 3.63) is 20.8 Å². The summed E-state index contributed by atoms with van der Waals surface area (Å²) >= 11 is 4.99. The molecule has 0 radical (unpaired) electrons. The van der Waals surface area contributed by atoms with Gasteiger partial charge in [-0.25, -0.2) is 0 Å². The van der Waals surface area contributed by atoms with Crippen molar-refractivity contribution < 1.29 is 9.59 Å². The fraction of sp³-hybridized carbons (Fsp3) is 0.500. The van der Waals surface area contributed by atoms with Gasteiger partial charge in [-0.3, -0.25) is 9.59 Å². The molecular formula is C12H15BrN2O2S. The van der Waals surface area contributed by atoms with Gasteiger partial charge in [0.15, 0.2) is 0 Å². The Labute approximate surface area is 118 Å². The van der Waals surface area contributed by atoms with Gasteiger partial charge in [0, 0.05) is 4.88 Å². The zero-order valence-corrected chi connectivity index (χ0v) is 12.7. The molecule has 98 valence electrons. The van der Waals surface area contributed by atoms with Crippen LogP contribution in [0.3, 0.4) is 0 Å². The van der Waals surface area contributed by atoms with Crippen molar-refractivity contribution in [3.63, 3.8) is 0 Å². The van der Waals surface area contributed by atoms with Crippen molar-refractivity contribution in [2.24, 2.45) is 5.92 Å². The zero-order chi connectivity index (χ0) is 13.3. The standard InChI is InChI=1S/C12H15BrN2O2S/c1-7(2)11-12(17)14-5-10(16)15(11)6-8-3-4-9(13)18-8/h3-4,7,11H,5-6H2,1-2H3,(H,14,17). The summed E-state index contributed by atoms with van der Waals surface area (Å²) in [5, 5.41) is 2.65. The second-order valence-corrected chi connectivity index (χ2v) is 7.18. The van der Waals surface area contributed by atoms with Crippen molar-refractivity contribution in [3.8, 4) is 0 Å². The summed E-state index contributed by atoms with van der Waals surface area (Å²) in [5.74, 6) is 0.0377. The maximum Gasteiger partial charge on any atom is 0.243 e. The van der Waals surface area contributed by atoms with Crippen LogP contribution in [0.5, 0.6) is 0 Å². The number of hydrogen-bond donors (Lipinski definition) is 1. The average Bonchev–Trinajstić information content (AvgIpc) is 2.69. The van der Waals surface area contributed by atoms with E-state index in [2.05, 4.69) is 21.2 Å². The minimum atomic E-state index is -0.368. The molecule has 0 aliphatic carbocycles. The molecule has 1 aliphatic heterocycles. The Morgan fingerprint density at radius 2 is 2.22 bits per heavy atom. The molecule has 1 fully saturated rings. The van der Waals surface area contributed by atoms with Gasteiger partial charge in [0.1, 0.15) is 6.04 Å². The summed E-state index contributed by atoms with van der Waals surface area (Å²) in [6.45, 7) is 4.53. The lowest BCUT2D eigenvalue weighted by Gasteiger charge is -2.36. The van der Waals surface area contributed by atoms with Crippen LogP contribution in [0.15, 0.2) is 15.9 Å². The fourth-order valence-corrected chi connectivity index (χ4v) is 3.60. The van der Waals surface area contributed by atoms with Gasteiger partial charge in [-0.2, -0.15) is 0 Å². The van der Waals surface area contributed by atoms with Gasteiger partial charge in [-0.05, 0) is 34.0 Å². The van der Waals surface area contributed by atoms with Gasteiger partial charge in [0.25, 0.3) is 0 Å². The van der Waals surface area contributed by atoms with Gasteiger partial charge >= 0.3 is 0 Å². The maximum absolute atomic E-state index is 12.0. The summed E-state index contributed by atoms with van der Waals surface area (Å²) < 4.78 is 1.03. The van der Waals surface area contributed by atoms with E-state index in [1.165, 1.54) is 0 Å². The SMILES string of the molecule is CC(C)C1C(=O)NCC(=O)N1Cc1ccc(Br)s1. The molecule has 0 bridgehead atoms. The van der Waals surface area contributed by atoms with E-state index in [1.807, 2.05) is 26.0 Å². The molecule has 18 heavy (non-hydrogen) atoms. The first kappa shape index (κ1) is 13.5. The Hall–Kier alpha value is -0.880. The number of nitrogens with one attached hydrogen (secondary N) is 1. The number of nitrogens with zero attached hydrogens (tertiary/aromatic N) is 1. The quantitative estimate of drug-likeness (QED) is 0.921. The molecule has 0 aromatic carbocycles. The van der Waals surface area contributed by atoms with Crippen LogP contribution in [0.2, 0.25) is 0 Å². The van der Waals surface area contributed by atoms with Crippen LogP contribution < -0.4 is 5.32 Å². The van der Waals surface area contributed by atoms with Crippen LogP contribution >= 0.6 is 27.3 Å². The number of rotatable bonds is 3. The first-order valence-electron chi connectivity index (χ1n) is 5.80. The topological polar surface area (TPSA) is 49.4 Å². The molecule has 2 heterocycles. The number of hydrogen-bond acceptors (Lipinski definition) is 3. The van der Waals surface area contributed by atoms with Crippen LogP contribution in [0.1, 0.15) is 18.7 Å². The second kappa shape index (κ2) is 5.40. The number of amides is 2. The predicted molar refractivity (Wildman–Crippen MR) is 74.2 cm³/mol. The van der Waals surface area contributed by atoms with E-state index in [0.29, 0.717) is 6.54 Å². The van der Waals surface area contributed by atoms with E-state index in [0.717, 1.165) is 8.66 Å². The van der Waals surface area contributed by atoms with Gasteiger partial charge in [-0.15, -0.1) is 11.3 Å². The fourth-order valence-electron chi connectivity index (χ4n) is 2.12. The van der Waals surface area contributed by atoms with Crippen molar-refractivity contribution in [2.45, 2.75) is 26.4 Å². The highest BCUT2D eigenvalue weighted by Gasteiger charge is 2.36. The molecule has 0 spiro atoms. The number of halogens is 1. The van der Waals surface area contributed by atoms with Crippen molar-refractivity contribution in [1.29, 1.82) is 0 Å². The van der Waals surface area contributed by atoms with E-state index in [1.54, 1.807) is 16.2 Å². The largest absolute Gasteiger partial charge is 0.345 e. The molecule has 2 amide bonds. The molecule has 1 aromatic rings. The molecule has 1 N–H and O–H groups in total. The van der Waals surface area contributed by atoms with Gasteiger partial charge < -0.3 is 10.2 Å². The van der Waals surface area contributed by atoms with E-state index >= 15 is 0 Å². The Morgan fingerprint density at radius 1 is 1.50 bits per heavy atom. The lowest BCUT2D eigenvalue weighted by atomic mass is 9.99. The Balaban J connectivity index is 2.20. The average molecular weight is 331 g/mol. The zero-order valence-electron chi connectivity index (χ0n) is 10.3. The lowest BCUT2D eigenvalue weighted by molar-refractivity contribution is -0.148. The molecular weight excluding hydrogens is 316 g/mol. The van der Waals surface area contributed by atoms with E-state index in [-0.39, 0.29) is 30.3 Å². The Kier molecular flexibility index (Phi) is 4.07. The van der Waals surface area contributed by atoms with Crippen LogP contribution in [0.25, 0.3) is 0 Å². The van der Waals surface area contributed by atoms with Gasteiger partial charge in [0.2, 0.25) is 11.8 Å². The summed E-state index contributed by atoms with van der Waals surface area (Å²) in [4.78, 5) is 26.6. The van der Waals surface area contributed by atoms with Gasteiger partial charge in [-0.1, -0.05) is 13.8 Å². The predicted octanol–water partition coefficient (Wildman–Crippen LogP) is 1.99. The highest BCUT2D eigenvalue weighted by Crippen LogP contribution is 2.25. The van der Waals surface area contributed by atoms with E-state index in [4.69, 9.17) is 0 Å². The van der Waals surface area contributed by atoms with Crippen LogP contribution in [0, 0.1) is 5.92 Å². The third kappa shape index (κ3) is 2.75. The molecule has 6 heteroatoms. The number of thiophene rings is 1. The first-order chi connectivity index (χ1) is 8.49. The lowest BCUT2D eigenvalue weighted by Crippen LogP contribution is -2.59. The summed E-state index contributed by atoms with van der Waals surface area (Å²) in [6, 6.07) is 3.57. The molecule has 1 aromatic heterocycles. The Bertz CT molecular complexity index is 472. The van der Waals surface area contributed by atoms with E-state index < -0.39 is 0 Å². The highest BCUT2D eigenvalue weighted by molar-refractivity contribution is 9.11. The molecule has 2 rings (SSSR count). The summed E-state index contributed by atoms with van der Waals surface area (Å²) in [7, 11) is 0. The molecule has 1 unspecified atom stereocenters. The van der Waals surface area contributed by atoms with Crippen LogP contribution in [0.4, 0.5) is 0 Å². The summed E-state index contributed by atoms with van der Waals surface area (Å²) in [6.07, 6.45) is 0. The minimum absolute atomic E-state index is 0.0159. The second-order valence-electron chi connectivity index (χ2n) is 4.63. The monoisotopic (exact) mass is 330 g/mol. The molecule has 1 saturated heterocycles. The normalized spacial score (nSPS) is 20.4. The molecule has 1 aliphatic rings. The van der Waals surface area contributed by atoms with Crippen LogP contribution in [-0.2, 0) is 16.1 Å². The molecule has 1 atom stereocenters. The van der Waals surface area contributed by atoms with Crippen molar-refractivity contribution in [1.82, 2.24) is 10.2 Å². The van der Waals surface area contributed by atoms with Crippen molar-refractivity contribution in [2.75, 3.05) is 6.54 Å². The number of carbonyl (C=O) groups excluding carboxylic acids is 2. The first-order valence-corrected chi connectivity index (χ1v) is 7.41. The third-order valence-corrected chi connectivity index (χ3v) is 4.53. The minimum Gasteiger partial charge on any atom is -0.345 e. The summed E-state index contributed by atoms with van der Waals surface area (Å²) in [5.41, 5.74) is 0.